The lowest BCUT2D eigenvalue weighted by Gasteiger charge is -2.36. The van der Waals surface area contributed by atoms with Crippen molar-refractivity contribution < 1.29 is 4.79 Å². The van der Waals surface area contributed by atoms with Crippen molar-refractivity contribution in [3.8, 4) is 0 Å². The minimum atomic E-state index is -0.0911. The second kappa shape index (κ2) is 8.09. The summed E-state index contributed by atoms with van der Waals surface area (Å²) in [6.07, 6.45) is 5.86. The third-order valence-electron chi connectivity index (χ3n) is 6.22. The molecule has 2 amide bonds. The van der Waals surface area contributed by atoms with Crippen LogP contribution in [0.3, 0.4) is 0 Å². The van der Waals surface area contributed by atoms with Gasteiger partial charge in [0.25, 0.3) is 0 Å². The highest BCUT2D eigenvalue weighted by Crippen LogP contribution is 2.45. The number of amides is 2. The number of hydrogen-bond donors (Lipinski definition) is 1. The van der Waals surface area contributed by atoms with Crippen LogP contribution in [-0.4, -0.2) is 17.5 Å². The van der Waals surface area contributed by atoms with Gasteiger partial charge in [-0.2, -0.15) is 0 Å². The predicted octanol–water partition coefficient (Wildman–Crippen LogP) is 6.77. The van der Waals surface area contributed by atoms with E-state index in [2.05, 4.69) is 29.6 Å². The Kier molecular flexibility index (Phi) is 5.30. The number of thiophene rings is 1. The monoisotopic (exact) mass is 436 g/mol. The van der Waals surface area contributed by atoms with Gasteiger partial charge < -0.3 is 10.2 Å². The lowest BCUT2D eigenvalue weighted by atomic mass is 9.88. The fourth-order valence-electron chi connectivity index (χ4n) is 4.74. The Labute approximate surface area is 186 Å². The Hall–Kier alpha value is -2.30. The van der Waals surface area contributed by atoms with Gasteiger partial charge in [-0.05, 0) is 73.4 Å². The molecule has 1 aromatic heterocycles. The first-order chi connectivity index (χ1) is 14.6. The number of nitrogens with one attached hydrogen (secondary N) is 1. The molecule has 2 aliphatic rings. The summed E-state index contributed by atoms with van der Waals surface area (Å²) in [6.45, 7) is 2.71. The molecule has 5 heteroatoms. The van der Waals surface area contributed by atoms with E-state index in [1.165, 1.54) is 46.6 Å². The summed E-state index contributed by atoms with van der Waals surface area (Å²) >= 11 is 8.31. The maximum atomic E-state index is 13.4. The fraction of sp³-hybridized carbons (Fsp3) is 0.320. The summed E-state index contributed by atoms with van der Waals surface area (Å²) in [4.78, 5) is 18.3. The van der Waals surface area contributed by atoms with Gasteiger partial charge in [0.15, 0.2) is 0 Å². The Morgan fingerprint density at radius 2 is 1.87 bits per heavy atom. The first kappa shape index (κ1) is 19.7. The zero-order valence-corrected chi connectivity index (χ0v) is 18.7. The van der Waals surface area contributed by atoms with E-state index in [4.69, 9.17) is 11.6 Å². The van der Waals surface area contributed by atoms with E-state index >= 15 is 0 Å². The van der Waals surface area contributed by atoms with Crippen molar-refractivity contribution in [1.29, 1.82) is 0 Å². The van der Waals surface area contributed by atoms with Crippen LogP contribution in [0.15, 0.2) is 48.5 Å². The number of anilines is 1. The number of aryl methyl sites for hydroxylation is 2. The summed E-state index contributed by atoms with van der Waals surface area (Å²) in [6, 6.07) is 16.0. The van der Waals surface area contributed by atoms with E-state index < -0.39 is 0 Å². The molecule has 5 rings (SSSR count). The normalized spacial score (nSPS) is 17.9. The number of benzene rings is 2. The molecule has 1 aliphatic heterocycles. The molecule has 1 N–H and O–H groups in total. The summed E-state index contributed by atoms with van der Waals surface area (Å²) in [7, 11) is 0. The van der Waals surface area contributed by atoms with E-state index in [-0.39, 0.29) is 12.1 Å². The van der Waals surface area contributed by atoms with Crippen LogP contribution in [0.5, 0.6) is 0 Å². The van der Waals surface area contributed by atoms with E-state index in [0.29, 0.717) is 17.3 Å². The molecule has 0 saturated heterocycles. The highest BCUT2D eigenvalue weighted by Gasteiger charge is 2.36. The van der Waals surface area contributed by atoms with Gasteiger partial charge in [-0.1, -0.05) is 48.0 Å². The van der Waals surface area contributed by atoms with E-state index in [1.807, 2.05) is 47.4 Å². The number of urea groups is 1. The Morgan fingerprint density at radius 1 is 1.07 bits per heavy atom. The smallest absolute Gasteiger partial charge is 0.312 e. The van der Waals surface area contributed by atoms with E-state index in [9.17, 15) is 4.79 Å². The van der Waals surface area contributed by atoms with Gasteiger partial charge in [0.1, 0.15) is 0 Å². The Balaban J connectivity index is 1.53. The van der Waals surface area contributed by atoms with Crippen molar-refractivity contribution in [3.63, 3.8) is 0 Å². The van der Waals surface area contributed by atoms with Crippen LogP contribution in [-0.2, 0) is 19.3 Å². The fourth-order valence-corrected chi connectivity index (χ4v) is 6.61. The summed E-state index contributed by atoms with van der Waals surface area (Å²) in [5.74, 6) is 0. The SMILES string of the molecule is Cc1ccc(NC(=O)N2CCc3c(sc4c3CCCC4)[C@H]2c2ccccc2)c(Cl)c1. The van der Waals surface area contributed by atoms with Gasteiger partial charge in [-0.15, -0.1) is 11.3 Å². The maximum absolute atomic E-state index is 13.4. The van der Waals surface area contributed by atoms with Gasteiger partial charge in [-0.3, -0.25) is 0 Å². The maximum Gasteiger partial charge on any atom is 0.322 e. The lowest BCUT2D eigenvalue weighted by Crippen LogP contribution is -2.42. The third-order valence-corrected chi connectivity index (χ3v) is 7.92. The van der Waals surface area contributed by atoms with Crippen molar-refractivity contribution >= 4 is 34.7 Å². The molecule has 0 spiro atoms. The van der Waals surface area contributed by atoms with Crippen LogP contribution in [0.4, 0.5) is 10.5 Å². The van der Waals surface area contributed by atoms with Crippen LogP contribution in [0, 0.1) is 6.92 Å². The van der Waals surface area contributed by atoms with Crippen LogP contribution in [0.2, 0.25) is 5.02 Å². The molecule has 0 bridgehead atoms. The third kappa shape index (κ3) is 3.52. The second-order valence-corrected chi connectivity index (χ2v) is 9.77. The quantitative estimate of drug-likeness (QED) is 0.472. The number of nitrogens with zero attached hydrogens (tertiary/aromatic N) is 1. The second-order valence-electron chi connectivity index (χ2n) is 8.22. The highest BCUT2D eigenvalue weighted by molar-refractivity contribution is 7.12. The zero-order valence-electron chi connectivity index (χ0n) is 17.1. The molecule has 3 nitrogen and oxygen atoms in total. The number of carbonyl (C=O) groups is 1. The minimum Gasteiger partial charge on any atom is -0.312 e. The molecule has 0 radical (unpaired) electrons. The summed E-state index contributed by atoms with van der Waals surface area (Å²) < 4.78 is 0. The van der Waals surface area contributed by atoms with Crippen molar-refractivity contribution in [2.24, 2.45) is 0 Å². The molecule has 0 unspecified atom stereocenters. The van der Waals surface area contributed by atoms with Gasteiger partial charge in [0.05, 0.1) is 16.8 Å². The highest BCUT2D eigenvalue weighted by atomic mass is 35.5. The molecule has 0 saturated carbocycles. The van der Waals surface area contributed by atoms with Crippen molar-refractivity contribution in [3.05, 3.63) is 85.6 Å². The molecule has 3 aromatic rings. The molecule has 30 heavy (non-hydrogen) atoms. The minimum absolute atomic E-state index is 0.0465. The average molecular weight is 437 g/mol. The van der Waals surface area contributed by atoms with Gasteiger partial charge in [0, 0.05) is 16.3 Å². The number of fused-ring (bicyclic) bond motifs is 3. The predicted molar refractivity (Wildman–Crippen MR) is 125 cm³/mol. The molecular formula is C25H25ClN2OS. The lowest BCUT2D eigenvalue weighted by molar-refractivity contribution is 0.195. The van der Waals surface area contributed by atoms with Crippen LogP contribution in [0.25, 0.3) is 0 Å². The van der Waals surface area contributed by atoms with Crippen molar-refractivity contribution in [1.82, 2.24) is 4.90 Å². The van der Waals surface area contributed by atoms with Crippen LogP contribution < -0.4 is 5.32 Å². The van der Waals surface area contributed by atoms with Crippen LogP contribution >= 0.6 is 22.9 Å². The molecule has 154 valence electrons. The van der Waals surface area contributed by atoms with Crippen molar-refractivity contribution in [2.75, 3.05) is 11.9 Å². The molecule has 1 aliphatic carbocycles. The molecule has 1 atom stereocenters. The zero-order chi connectivity index (χ0) is 20.7. The molecule has 0 fully saturated rings. The molecule has 2 aromatic carbocycles. The van der Waals surface area contributed by atoms with E-state index in [0.717, 1.165) is 12.0 Å². The van der Waals surface area contributed by atoms with Crippen LogP contribution in [0.1, 0.15) is 50.9 Å². The number of hydrogen-bond acceptors (Lipinski definition) is 2. The molecular weight excluding hydrogens is 412 g/mol. The number of carbonyl (C=O) groups excluding carboxylic acids is 1. The Bertz CT molecular complexity index is 1090. The molecule has 2 heterocycles. The average Bonchev–Trinajstić information content (AvgIpc) is 3.14. The van der Waals surface area contributed by atoms with Gasteiger partial charge >= 0.3 is 6.03 Å². The van der Waals surface area contributed by atoms with Gasteiger partial charge in [-0.25, -0.2) is 4.79 Å². The first-order valence-corrected chi connectivity index (χ1v) is 11.8. The Morgan fingerprint density at radius 3 is 2.67 bits per heavy atom. The van der Waals surface area contributed by atoms with Gasteiger partial charge in [0.2, 0.25) is 0 Å². The largest absolute Gasteiger partial charge is 0.322 e. The van der Waals surface area contributed by atoms with E-state index in [1.54, 1.807) is 5.56 Å². The number of halogens is 1. The van der Waals surface area contributed by atoms with Crippen molar-refractivity contribution in [2.45, 2.75) is 45.1 Å². The summed E-state index contributed by atoms with van der Waals surface area (Å²) in [5.41, 5.74) is 5.98. The first-order valence-electron chi connectivity index (χ1n) is 10.6. The summed E-state index contributed by atoms with van der Waals surface area (Å²) in [5, 5.41) is 3.63. The number of rotatable bonds is 2. The topological polar surface area (TPSA) is 32.3 Å². The standard InChI is InChI=1S/C25H25ClN2OS/c1-16-11-12-21(20(26)15-16)27-25(29)28-14-13-19-18-9-5-6-10-22(18)30-24(19)23(28)17-7-3-2-4-8-17/h2-4,7-8,11-12,15,23H,5-6,9-10,13-14H2,1H3,(H,27,29)/t23-/m1/s1.